The van der Waals surface area contributed by atoms with Crippen molar-refractivity contribution in [3.05, 3.63) is 45.6 Å². The summed E-state index contributed by atoms with van der Waals surface area (Å²) < 4.78 is 7.43. The van der Waals surface area contributed by atoms with Gasteiger partial charge in [0.05, 0.1) is 11.4 Å². The van der Waals surface area contributed by atoms with E-state index in [0.717, 1.165) is 21.4 Å². The first-order valence-corrected chi connectivity index (χ1v) is 8.57. The zero-order valence-electron chi connectivity index (χ0n) is 11.7. The van der Waals surface area contributed by atoms with E-state index in [1.54, 1.807) is 18.4 Å². The van der Waals surface area contributed by atoms with E-state index in [2.05, 4.69) is 10.2 Å². The molecule has 2 N–H and O–H groups in total. The maximum atomic E-state index is 6.09. The summed E-state index contributed by atoms with van der Waals surface area (Å²) in [5.41, 5.74) is 0.891. The van der Waals surface area contributed by atoms with Crippen LogP contribution in [-0.2, 0) is 5.75 Å². The van der Waals surface area contributed by atoms with Crippen LogP contribution in [0.3, 0.4) is 0 Å². The molecule has 5 nitrogen and oxygen atoms in total. The van der Waals surface area contributed by atoms with Gasteiger partial charge < -0.3 is 10.6 Å². The third-order valence-electron chi connectivity index (χ3n) is 2.99. The van der Waals surface area contributed by atoms with Crippen LogP contribution < -0.4 is 10.6 Å². The number of hydrogen-bond donors (Lipinski definition) is 1. The van der Waals surface area contributed by atoms with Crippen molar-refractivity contribution >= 4 is 34.7 Å². The molecule has 0 atom stereocenters. The van der Waals surface area contributed by atoms with E-state index in [1.165, 1.54) is 21.3 Å². The van der Waals surface area contributed by atoms with Crippen LogP contribution in [0.2, 0.25) is 4.34 Å². The number of methoxy groups -OCH3 is 1. The summed E-state index contributed by atoms with van der Waals surface area (Å²) in [6.45, 7) is 0. The first kappa shape index (κ1) is 15.2. The Morgan fingerprint density at radius 3 is 2.64 bits per heavy atom. The Balaban J connectivity index is 1.76. The second kappa shape index (κ2) is 6.60. The molecule has 0 bridgehead atoms. The van der Waals surface area contributed by atoms with Crippen LogP contribution >= 0.6 is 34.7 Å². The lowest BCUT2D eigenvalue weighted by atomic mass is 10.2. The number of ether oxygens (including phenoxy) is 1. The van der Waals surface area contributed by atoms with Crippen molar-refractivity contribution in [2.75, 3.05) is 13.0 Å². The van der Waals surface area contributed by atoms with Crippen molar-refractivity contribution in [3.63, 3.8) is 0 Å². The number of nitrogens with zero attached hydrogens (tertiary/aromatic N) is 3. The third kappa shape index (κ3) is 3.21. The van der Waals surface area contributed by atoms with Crippen molar-refractivity contribution in [3.8, 4) is 17.1 Å². The lowest BCUT2D eigenvalue weighted by Crippen LogP contribution is -2.11. The zero-order chi connectivity index (χ0) is 15.5. The largest absolute Gasteiger partial charge is 0.497 e. The lowest BCUT2D eigenvalue weighted by Gasteiger charge is -2.04. The van der Waals surface area contributed by atoms with Gasteiger partial charge in [-0.1, -0.05) is 23.4 Å². The van der Waals surface area contributed by atoms with Gasteiger partial charge in [0, 0.05) is 16.2 Å². The van der Waals surface area contributed by atoms with Crippen LogP contribution in [0.5, 0.6) is 5.75 Å². The number of halogens is 1. The highest BCUT2D eigenvalue weighted by Gasteiger charge is 2.12. The first-order valence-electron chi connectivity index (χ1n) is 6.39. The summed E-state index contributed by atoms with van der Waals surface area (Å²) in [5.74, 6) is 8.26. The molecule has 0 aliphatic rings. The SMILES string of the molecule is COc1ccc(-c2nnc(SCc3ccc(Cl)s3)n2N)cc1. The Morgan fingerprint density at radius 1 is 1.23 bits per heavy atom. The van der Waals surface area contributed by atoms with E-state index < -0.39 is 0 Å². The highest BCUT2D eigenvalue weighted by molar-refractivity contribution is 7.98. The number of thioether (sulfide) groups is 1. The fraction of sp³-hybridized carbons (Fsp3) is 0.143. The Kier molecular flexibility index (Phi) is 4.56. The summed E-state index contributed by atoms with van der Waals surface area (Å²) in [4.78, 5) is 1.17. The number of thiophene rings is 1. The highest BCUT2D eigenvalue weighted by Crippen LogP contribution is 2.29. The predicted octanol–water partition coefficient (Wildman–Crippen LogP) is 3.67. The Bertz CT molecular complexity index is 770. The van der Waals surface area contributed by atoms with E-state index in [-0.39, 0.29) is 0 Å². The van der Waals surface area contributed by atoms with Gasteiger partial charge in [-0.3, -0.25) is 0 Å². The maximum absolute atomic E-state index is 6.09. The first-order chi connectivity index (χ1) is 10.7. The number of hydrogen-bond acceptors (Lipinski definition) is 6. The lowest BCUT2D eigenvalue weighted by molar-refractivity contribution is 0.415. The summed E-state index contributed by atoms with van der Waals surface area (Å²) in [5, 5.41) is 8.97. The molecule has 0 fully saturated rings. The molecule has 0 amide bonds. The summed E-state index contributed by atoms with van der Waals surface area (Å²) in [6, 6.07) is 11.4. The second-order valence-corrected chi connectivity index (χ2v) is 7.14. The third-order valence-corrected chi connectivity index (χ3v) is 5.39. The minimum absolute atomic E-state index is 0.620. The molecule has 0 aliphatic heterocycles. The molecule has 22 heavy (non-hydrogen) atoms. The summed E-state index contributed by atoms with van der Waals surface area (Å²) >= 11 is 9.00. The molecule has 2 aromatic heterocycles. The molecule has 0 saturated carbocycles. The highest BCUT2D eigenvalue weighted by atomic mass is 35.5. The molecule has 0 spiro atoms. The average Bonchev–Trinajstić information content (AvgIpc) is 3.11. The molecule has 2 heterocycles. The van der Waals surface area contributed by atoms with Crippen molar-refractivity contribution < 1.29 is 4.74 Å². The van der Waals surface area contributed by atoms with Gasteiger partial charge in [-0.05, 0) is 36.4 Å². The van der Waals surface area contributed by atoms with Crippen molar-refractivity contribution in [2.24, 2.45) is 0 Å². The minimum atomic E-state index is 0.620. The van der Waals surface area contributed by atoms with E-state index in [0.29, 0.717) is 11.0 Å². The standard InChI is InChI=1S/C14H13ClN4OS2/c1-20-10-4-2-9(3-5-10)13-17-18-14(19(13)16)21-8-11-6-7-12(15)22-11/h2-7H,8,16H2,1H3. The van der Waals surface area contributed by atoms with Crippen LogP contribution in [0.25, 0.3) is 11.4 Å². The van der Waals surface area contributed by atoms with Crippen molar-refractivity contribution in [2.45, 2.75) is 10.9 Å². The fourth-order valence-corrected chi connectivity index (χ4v) is 3.86. The van der Waals surface area contributed by atoms with Crippen LogP contribution in [0.4, 0.5) is 0 Å². The zero-order valence-corrected chi connectivity index (χ0v) is 14.1. The minimum Gasteiger partial charge on any atom is -0.497 e. The average molecular weight is 353 g/mol. The Hall–Kier alpha value is -1.70. The molecular weight excluding hydrogens is 340 g/mol. The van der Waals surface area contributed by atoms with E-state index >= 15 is 0 Å². The smallest absolute Gasteiger partial charge is 0.210 e. The molecule has 3 aromatic rings. The maximum Gasteiger partial charge on any atom is 0.210 e. The van der Waals surface area contributed by atoms with Crippen LogP contribution in [0.15, 0.2) is 41.6 Å². The number of nitrogens with two attached hydrogens (primary N) is 1. The van der Waals surface area contributed by atoms with Gasteiger partial charge in [-0.15, -0.1) is 21.5 Å². The molecule has 1 aromatic carbocycles. The van der Waals surface area contributed by atoms with Crippen molar-refractivity contribution in [1.29, 1.82) is 0 Å². The summed E-state index contributed by atoms with van der Waals surface area (Å²) in [7, 11) is 1.63. The summed E-state index contributed by atoms with van der Waals surface area (Å²) in [6.07, 6.45) is 0. The molecule has 114 valence electrons. The normalized spacial score (nSPS) is 10.8. The van der Waals surface area contributed by atoms with Crippen LogP contribution in [0, 0.1) is 0 Å². The molecule has 0 radical (unpaired) electrons. The Morgan fingerprint density at radius 2 is 2.00 bits per heavy atom. The fourth-order valence-electron chi connectivity index (χ4n) is 1.88. The molecule has 0 unspecified atom stereocenters. The van der Waals surface area contributed by atoms with Gasteiger partial charge in [-0.2, -0.15) is 0 Å². The Labute approximate surface area is 141 Å². The second-order valence-electron chi connectivity index (χ2n) is 4.40. The van der Waals surface area contributed by atoms with E-state index in [1.807, 2.05) is 36.4 Å². The van der Waals surface area contributed by atoms with Gasteiger partial charge >= 0.3 is 0 Å². The van der Waals surface area contributed by atoms with Crippen LogP contribution in [0.1, 0.15) is 4.88 Å². The number of benzene rings is 1. The van der Waals surface area contributed by atoms with Gasteiger partial charge in [-0.25, -0.2) is 4.68 Å². The predicted molar refractivity (Wildman–Crippen MR) is 91.1 cm³/mol. The van der Waals surface area contributed by atoms with E-state index in [9.17, 15) is 0 Å². The topological polar surface area (TPSA) is 66.0 Å². The van der Waals surface area contributed by atoms with Crippen LogP contribution in [-0.4, -0.2) is 22.0 Å². The van der Waals surface area contributed by atoms with Crippen molar-refractivity contribution in [1.82, 2.24) is 14.9 Å². The number of rotatable bonds is 5. The number of aromatic nitrogens is 3. The number of nitrogen functional groups attached to an aromatic ring is 1. The molecule has 8 heteroatoms. The molecule has 0 aliphatic carbocycles. The van der Waals surface area contributed by atoms with Gasteiger partial charge in [0.1, 0.15) is 5.75 Å². The monoisotopic (exact) mass is 352 g/mol. The van der Waals surface area contributed by atoms with Gasteiger partial charge in [0.25, 0.3) is 0 Å². The van der Waals surface area contributed by atoms with E-state index in [4.69, 9.17) is 22.2 Å². The molecule has 3 rings (SSSR count). The molecule has 0 saturated heterocycles. The molecular formula is C14H13ClN4OS2. The van der Waals surface area contributed by atoms with Gasteiger partial charge in [0.2, 0.25) is 5.16 Å². The van der Waals surface area contributed by atoms with Gasteiger partial charge in [0.15, 0.2) is 5.82 Å². The quantitative estimate of drug-likeness (QED) is 0.560.